The van der Waals surface area contributed by atoms with Crippen LogP contribution in [0.3, 0.4) is 0 Å². The van der Waals surface area contributed by atoms with Gasteiger partial charge in [-0.1, -0.05) is 13.8 Å². The van der Waals surface area contributed by atoms with E-state index in [1.54, 1.807) is 0 Å². The molecule has 1 amide bonds. The molecule has 1 aromatic heterocycles. The maximum absolute atomic E-state index is 12.3. The first kappa shape index (κ1) is 14.1. The van der Waals surface area contributed by atoms with E-state index in [0.29, 0.717) is 12.3 Å². The van der Waals surface area contributed by atoms with Crippen LogP contribution < -0.4 is 0 Å². The number of aromatic nitrogens is 2. The van der Waals surface area contributed by atoms with Crippen molar-refractivity contribution in [3.63, 3.8) is 0 Å². The van der Waals surface area contributed by atoms with Gasteiger partial charge in [-0.05, 0) is 38.5 Å². The highest BCUT2D eigenvalue weighted by molar-refractivity contribution is 5.79. The normalized spacial score (nSPS) is 19.4. The van der Waals surface area contributed by atoms with Gasteiger partial charge in [0.15, 0.2) is 0 Å². The van der Waals surface area contributed by atoms with Gasteiger partial charge >= 0.3 is 0 Å². The molecule has 106 valence electrons. The lowest BCUT2D eigenvalue weighted by Gasteiger charge is -2.17. The Morgan fingerprint density at radius 1 is 1.47 bits per heavy atom. The van der Waals surface area contributed by atoms with E-state index in [-0.39, 0.29) is 5.91 Å². The van der Waals surface area contributed by atoms with E-state index in [0.717, 1.165) is 42.4 Å². The van der Waals surface area contributed by atoms with Crippen molar-refractivity contribution in [3.05, 3.63) is 17.0 Å². The number of likely N-dealkylation sites (tertiary alicyclic amines) is 1. The molecule has 0 aliphatic carbocycles. The Balaban J connectivity index is 1.91. The maximum Gasteiger partial charge on any atom is 0.227 e. The smallest absolute Gasteiger partial charge is 0.227 e. The summed E-state index contributed by atoms with van der Waals surface area (Å²) in [6, 6.07) is 0. The molecule has 4 heteroatoms. The van der Waals surface area contributed by atoms with Gasteiger partial charge in [0.25, 0.3) is 0 Å². The number of amides is 1. The van der Waals surface area contributed by atoms with Gasteiger partial charge in [-0.2, -0.15) is 5.10 Å². The van der Waals surface area contributed by atoms with Crippen molar-refractivity contribution < 1.29 is 4.79 Å². The van der Waals surface area contributed by atoms with Crippen LogP contribution in [-0.2, 0) is 11.2 Å². The van der Waals surface area contributed by atoms with Gasteiger partial charge in [0.05, 0.1) is 12.1 Å². The van der Waals surface area contributed by atoms with E-state index in [1.165, 1.54) is 6.42 Å². The first-order valence-corrected chi connectivity index (χ1v) is 7.25. The van der Waals surface area contributed by atoms with E-state index in [9.17, 15) is 4.79 Å². The molecule has 1 aliphatic rings. The van der Waals surface area contributed by atoms with Crippen molar-refractivity contribution >= 4 is 5.91 Å². The van der Waals surface area contributed by atoms with E-state index in [4.69, 9.17) is 0 Å². The summed E-state index contributed by atoms with van der Waals surface area (Å²) in [7, 11) is 0. The fraction of sp³-hybridized carbons (Fsp3) is 0.733. The molecular weight excluding hydrogens is 238 g/mol. The summed E-state index contributed by atoms with van der Waals surface area (Å²) in [5.41, 5.74) is 3.03. The molecule has 0 radical (unpaired) electrons. The predicted molar refractivity (Wildman–Crippen MR) is 75.9 cm³/mol. The SMILES string of the molecule is Cc1n[nH]c(C)c1CC(=O)N1CC[C@@H](CC(C)C)C1. The first-order valence-electron chi connectivity index (χ1n) is 7.25. The van der Waals surface area contributed by atoms with Crippen molar-refractivity contribution in [1.29, 1.82) is 0 Å². The third-order valence-corrected chi connectivity index (χ3v) is 4.05. The molecule has 1 aromatic rings. The number of nitrogens with one attached hydrogen (secondary N) is 1. The van der Waals surface area contributed by atoms with Gasteiger partial charge < -0.3 is 4.90 Å². The number of H-pyrrole nitrogens is 1. The highest BCUT2D eigenvalue weighted by Gasteiger charge is 2.27. The molecular formula is C15H25N3O. The standard InChI is InChI=1S/C15H25N3O/c1-10(2)7-13-5-6-18(9-13)15(19)8-14-11(3)16-17-12(14)4/h10,13H,5-9H2,1-4H3,(H,16,17)/t13-/m0/s1. The summed E-state index contributed by atoms with van der Waals surface area (Å²) in [4.78, 5) is 14.4. The molecule has 0 unspecified atom stereocenters. The Labute approximate surface area is 115 Å². The molecule has 0 saturated carbocycles. The average Bonchev–Trinajstić information content (AvgIpc) is 2.90. The highest BCUT2D eigenvalue weighted by atomic mass is 16.2. The minimum Gasteiger partial charge on any atom is -0.342 e. The summed E-state index contributed by atoms with van der Waals surface area (Å²) in [6.07, 6.45) is 2.88. The minimum atomic E-state index is 0.249. The monoisotopic (exact) mass is 263 g/mol. The zero-order chi connectivity index (χ0) is 14.0. The van der Waals surface area contributed by atoms with Crippen molar-refractivity contribution in [2.24, 2.45) is 11.8 Å². The number of rotatable bonds is 4. The van der Waals surface area contributed by atoms with Crippen LogP contribution in [-0.4, -0.2) is 34.1 Å². The maximum atomic E-state index is 12.3. The molecule has 1 saturated heterocycles. The predicted octanol–water partition coefficient (Wildman–Crippen LogP) is 2.46. The molecule has 1 atom stereocenters. The number of carbonyl (C=O) groups excluding carboxylic acids is 1. The Morgan fingerprint density at radius 3 is 2.79 bits per heavy atom. The minimum absolute atomic E-state index is 0.249. The van der Waals surface area contributed by atoms with E-state index in [1.807, 2.05) is 18.7 Å². The fourth-order valence-electron chi connectivity index (χ4n) is 3.02. The molecule has 0 spiro atoms. The van der Waals surface area contributed by atoms with Crippen LogP contribution in [0.1, 0.15) is 43.6 Å². The van der Waals surface area contributed by atoms with Crippen LogP contribution in [0, 0.1) is 25.7 Å². The molecule has 1 fully saturated rings. The number of hydrogen-bond donors (Lipinski definition) is 1. The topological polar surface area (TPSA) is 49.0 Å². The molecule has 2 rings (SSSR count). The van der Waals surface area contributed by atoms with Gasteiger partial charge in [-0.15, -0.1) is 0 Å². The zero-order valence-corrected chi connectivity index (χ0v) is 12.5. The molecule has 0 bridgehead atoms. The lowest BCUT2D eigenvalue weighted by Crippen LogP contribution is -2.30. The Morgan fingerprint density at radius 2 is 2.21 bits per heavy atom. The second kappa shape index (κ2) is 5.76. The second-order valence-electron chi connectivity index (χ2n) is 6.21. The third kappa shape index (κ3) is 3.37. The number of nitrogens with zero attached hydrogens (tertiary/aromatic N) is 2. The van der Waals surface area contributed by atoms with Crippen molar-refractivity contribution in [1.82, 2.24) is 15.1 Å². The van der Waals surface area contributed by atoms with Gasteiger partial charge in [0.2, 0.25) is 5.91 Å². The van der Waals surface area contributed by atoms with Crippen LogP contribution in [0.4, 0.5) is 0 Å². The quantitative estimate of drug-likeness (QED) is 0.907. The van der Waals surface area contributed by atoms with Crippen LogP contribution >= 0.6 is 0 Å². The lowest BCUT2D eigenvalue weighted by molar-refractivity contribution is -0.129. The second-order valence-corrected chi connectivity index (χ2v) is 6.21. The van der Waals surface area contributed by atoms with Crippen molar-refractivity contribution in [2.45, 2.75) is 47.0 Å². The summed E-state index contributed by atoms with van der Waals surface area (Å²) in [5, 5.41) is 7.10. The van der Waals surface area contributed by atoms with Gasteiger partial charge in [0, 0.05) is 24.3 Å². The Hall–Kier alpha value is -1.32. The summed E-state index contributed by atoms with van der Waals surface area (Å²) in [5.74, 6) is 1.66. The number of hydrogen-bond acceptors (Lipinski definition) is 2. The average molecular weight is 263 g/mol. The van der Waals surface area contributed by atoms with Crippen LogP contribution in [0.2, 0.25) is 0 Å². The van der Waals surface area contributed by atoms with Crippen LogP contribution in [0.15, 0.2) is 0 Å². The highest BCUT2D eigenvalue weighted by Crippen LogP contribution is 2.24. The number of aromatic amines is 1. The Kier molecular flexibility index (Phi) is 4.27. The van der Waals surface area contributed by atoms with E-state index in [2.05, 4.69) is 24.0 Å². The molecule has 1 aliphatic heterocycles. The molecule has 19 heavy (non-hydrogen) atoms. The molecule has 0 aromatic carbocycles. The van der Waals surface area contributed by atoms with Gasteiger partial charge in [-0.3, -0.25) is 9.89 Å². The van der Waals surface area contributed by atoms with Gasteiger partial charge in [-0.25, -0.2) is 0 Å². The number of aryl methyl sites for hydroxylation is 2. The van der Waals surface area contributed by atoms with Crippen LogP contribution in [0.5, 0.6) is 0 Å². The largest absolute Gasteiger partial charge is 0.342 e. The summed E-state index contributed by atoms with van der Waals surface area (Å²) < 4.78 is 0. The summed E-state index contributed by atoms with van der Waals surface area (Å²) in [6.45, 7) is 10.3. The Bertz CT molecular complexity index is 431. The number of carbonyl (C=O) groups is 1. The molecule has 4 nitrogen and oxygen atoms in total. The zero-order valence-electron chi connectivity index (χ0n) is 12.5. The fourth-order valence-corrected chi connectivity index (χ4v) is 3.02. The molecule has 1 N–H and O–H groups in total. The van der Waals surface area contributed by atoms with Crippen LogP contribution in [0.25, 0.3) is 0 Å². The molecule has 2 heterocycles. The third-order valence-electron chi connectivity index (χ3n) is 4.05. The van der Waals surface area contributed by atoms with Crippen molar-refractivity contribution in [2.75, 3.05) is 13.1 Å². The lowest BCUT2D eigenvalue weighted by atomic mass is 9.97. The summed E-state index contributed by atoms with van der Waals surface area (Å²) >= 11 is 0. The van der Waals surface area contributed by atoms with E-state index < -0.39 is 0 Å². The van der Waals surface area contributed by atoms with E-state index >= 15 is 0 Å². The first-order chi connectivity index (χ1) is 8.97. The van der Waals surface area contributed by atoms with Gasteiger partial charge in [0.1, 0.15) is 0 Å². The van der Waals surface area contributed by atoms with Crippen molar-refractivity contribution in [3.8, 4) is 0 Å².